The lowest BCUT2D eigenvalue weighted by Gasteiger charge is -2.14. The molecule has 7 heteroatoms. The smallest absolute Gasteiger partial charge is 0.256 e. The topological polar surface area (TPSA) is 68.1 Å². The summed E-state index contributed by atoms with van der Waals surface area (Å²) in [5, 5.41) is 1.35. The van der Waals surface area contributed by atoms with Gasteiger partial charge in [-0.25, -0.2) is 4.39 Å². The van der Waals surface area contributed by atoms with Crippen molar-refractivity contribution in [2.24, 2.45) is 5.73 Å². The maximum Gasteiger partial charge on any atom is 0.256 e. The Morgan fingerprint density at radius 3 is 2.50 bits per heavy atom. The summed E-state index contributed by atoms with van der Waals surface area (Å²) in [7, 11) is 0. The first kappa shape index (κ1) is 18.3. The molecule has 0 spiro atoms. The van der Waals surface area contributed by atoms with Gasteiger partial charge in [0, 0.05) is 22.5 Å². The second-order valence-corrected chi connectivity index (χ2v) is 5.43. The molecule has 0 saturated heterocycles. The first-order valence-electron chi connectivity index (χ1n) is 7.04. The van der Waals surface area contributed by atoms with E-state index in [1.807, 2.05) is 0 Å². The average Bonchev–Trinajstić information content (AvgIpc) is 2.55. The van der Waals surface area contributed by atoms with Crippen LogP contribution in [0.4, 0.5) is 4.39 Å². The highest BCUT2D eigenvalue weighted by Crippen LogP contribution is 2.34. The van der Waals surface area contributed by atoms with E-state index < -0.39 is 5.82 Å². The average molecular weight is 369 g/mol. The summed E-state index contributed by atoms with van der Waals surface area (Å²) in [6.45, 7) is 0.598. The van der Waals surface area contributed by atoms with Crippen molar-refractivity contribution in [3.63, 3.8) is 0 Å². The van der Waals surface area contributed by atoms with Crippen molar-refractivity contribution in [3.8, 4) is 17.0 Å². The van der Waals surface area contributed by atoms with Crippen LogP contribution in [0.25, 0.3) is 22.0 Å². The van der Waals surface area contributed by atoms with Crippen LogP contribution in [0.1, 0.15) is 0 Å². The number of rotatable bonds is 4. The lowest BCUT2D eigenvalue weighted by Crippen LogP contribution is -2.15. The largest absolute Gasteiger partial charge is 0.489 e. The van der Waals surface area contributed by atoms with Crippen molar-refractivity contribution in [1.82, 2.24) is 4.98 Å². The SMILES string of the molecule is Cl.NCCOc1c(-c2ccc(Cl)cc2)[nH]c(=O)c2cc(F)ccc12. The highest BCUT2D eigenvalue weighted by Gasteiger charge is 2.15. The molecule has 126 valence electrons. The number of benzene rings is 2. The van der Waals surface area contributed by atoms with Gasteiger partial charge in [-0.15, -0.1) is 12.4 Å². The Morgan fingerprint density at radius 1 is 1.12 bits per heavy atom. The number of fused-ring (bicyclic) bond motifs is 1. The number of aromatic nitrogens is 1. The Hall–Kier alpha value is -2.08. The Labute approximate surface area is 148 Å². The minimum absolute atomic E-state index is 0. The molecule has 0 unspecified atom stereocenters. The fourth-order valence-corrected chi connectivity index (χ4v) is 2.53. The lowest BCUT2D eigenvalue weighted by atomic mass is 10.1. The lowest BCUT2D eigenvalue weighted by molar-refractivity contribution is 0.332. The second kappa shape index (κ2) is 7.66. The molecule has 0 fully saturated rings. The van der Waals surface area contributed by atoms with Crippen LogP contribution in [0.2, 0.25) is 5.02 Å². The van der Waals surface area contributed by atoms with Gasteiger partial charge in [-0.3, -0.25) is 4.79 Å². The summed E-state index contributed by atoms with van der Waals surface area (Å²) in [6.07, 6.45) is 0. The molecule has 3 rings (SSSR count). The monoisotopic (exact) mass is 368 g/mol. The van der Waals surface area contributed by atoms with Gasteiger partial charge in [-0.1, -0.05) is 23.7 Å². The number of nitrogens with one attached hydrogen (secondary N) is 1. The molecule has 1 heterocycles. The molecule has 0 radical (unpaired) electrons. The van der Waals surface area contributed by atoms with Gasteiger partial charge in [-0.2, -0.15) is 0 Å². The predicted molar refractivity (Wildman–Crippen MR) is 96.8 cm³/mol. The summed E-state index contributed by atoms with van der Waals surface area (Å²) in [5.41, 5.74) is 6.38. The van der Waals surface area contributed by atoms with E-state index in [-0.39, 0.29) is 30.0 Å². The van der Waals surface area contributed by atoms with Crippen LogP contribution < -0.4 is 16.0 Å². The van der Waals surface area contributed by atoms with Crippen LogP contribution in [0.15, 0.2) is 47.3 Å². The van der Waals surface area contributed by atoms with Crippen molar-refractivity contribution < 1.29 is 9.13 Å². The van der Waals surface area contributed by atoms with E-state index in [2.05, 4.69) is 4.98 Å². The minimum Gasteiger partial charge on any atom is -0.489 e. The highest BCUT2D eigenvalue weighted by molar-refractivity contribution is 6.30. The summed E-state index contributed by atoms with van der Waals surface area (Å²) in [5.74, 6) is -0.0145. The van der Waals surface area contributed by atoms with Gasteiger partial charge >= 0.3 is 0 Å². The summed E-state index contributed by atoms with van der Waals surface area (Å²) < 4.78 is 19.2. The van der Waals surface area contributed by atoms with Crippen LogP contribution in [0, 0.1) is 5.82 Å². The van der Waals surface area contributed by atoms with Crippen LogP contribution in [-0.2, 0) is 0 Å². The summed E-state index contributed by atoms with van der Waals surface area (Å²) in [4.78, 5) is 15.0. The molecule has 4 nitrogen and oxygen atoms in total. The molecule has 0 amide bonds. The maximum atomic E-state index is 13.4. The van der Waals surface area contributed by atoms with Gasteiger partial charge in [0.1, 0.15) is 12.4 Å². The molecule has 0 saturated carbocycles. The molecule has 0 aliphatic heterocycles. The second-order valence-electron chi connectivity index (χ2n) is 4.99. The van der Waals surface area contributed by atoms with Crippen molar-refractivity contribution in [2.75, 3.05) is 13.2 Å². The van der Waals surface area contributed by atoms with E-state index in [1.54, 1.807) is 24.3 Å². The van der Waals surface area contributed by atoms with E-state index in [0.717, 1.165) is 5.56 Å². The number of nitrogens with two attached hydrogens (primary N) is 1. The molecular weight excluding hydrogens is 354 g/mol. The molecular formula is C17H15Cl2FN2O2. The number of H-pyrrole nitrogens is 1. The van der Waals surface area contributed by atoms with Gasteiger partial charge in [0.2, 0.25) is 0 Å². The maximum absolute atomic E-state index is 13.4. The normalized spacial score (nSPS) is 10.5. The molecule has 1 aromatic heterocycles. The van der Waals surface area contributed by atoms with Crippen molar-refractivity contribution in [1.29, 1.82) is 0 Å². The van der Waals surface area contributed by atoms with E-state index in [4.69, 9.17) is 22.1 Å². The molecule has 3 N–H and O–H groups in total. The van der Waals surface area contributed by atoms with Crippen LogP contribution in [0.3, 0.4) is 0 Å². The van der Waals surface area contributed by atoms with E-state index in [9.17, 15) is 9.18 Å². The minimum atomic E-state index is -0.480. The van der Waals surface area contributed by atoms with Crippen molar-refractivity contribution >= 4 is 34.8 Å². The number of pyridine rings is 1. The quantitative estimate of drug-likeness (QED) is 0.736. The fraction of sp³-hybridized carbons (Fsp3) is 0.118. The van der Waals surface area contributed by atoms with Gasteiger partial charge in [0.15, 0.2) is 5.75 Å². The zero-order valence-corrected chi connectivity index (χ0v) is 14.1. The Bertz CT molecular complexity index is 911. The van der Waals surface area contributed by atoms with Crippen LogP contribution >= 0.6 is 24.0 Å². The number of halogens is 3. The van der Waals surface area contributed by atoms with Crippen LogP contribution in [0.5, 0.6) is 5.75 Å². The van der Waals surface area contributed by atoms with E-state index in [1.165, 1.54) is 18.2 Å². The molecule has 2 aromatic carbocycles. The third kappa shape index (κ3) is 3.53. The number of hydrogen-bond acceptors (Lipinski definition) is 3. The third-order valence-corrected chi connectivity index (χ3v) is 3.69. The van der Waals surface area contributed by atoms with Gasteiger partial charge in [0.05, 0.1) is 11.1 Å². The Balaban J connectivity index is 0.00000208. The standard InChI is InChI=1S/C17H14ClFN2O2.ClH/c18-11-3-1-10(2-4-11)15-16(23-8-7-20)13-6-5-12(19)9-14(13)17(22)21-15;/h1-6,9H,7-8,20H2,(H,21,22);1H. The first-order chi connectivity index (χ1) is 11.1. The van der Waals surface area contributed by atoms with Gasteiger partial charge < -0.3 is 15.5 Å². The molecule has 0 aliphatic rings. The number of ether oxygens (including phenoxy) is 1. The molecule has 0 bridgehead atoms. The molecule has 3 aromatic rings. The van der Waals surface area contributed by atoms with E-state index in [0.29, 0.717) is 28.4 Å². The van der Waals surface area contributed by atoms with Crippen LogP contribution in [-0.4, -0.2) is 18.1 Å². The first-order valence-corrected chi connectivity index (χ1v) is 7.42. The van der Waals surface area contributed by atoms with E-state index >= 15 is 0 Å². The predicted octanol–water partition coefficient (Wildman–Crippen LogP) is 3.75. The summed E-state index contributed by atoms with van der Waals surface area (Å²) in [6, 6.07) is 11.0. The molecule has 0 atom stereocenters. The number of aromatic amines is 1. The zero-order valence-electron chi connectivity index (χ0n) is 12.5. The number of hydrogen-bond donors (Lipinski definition) is 2. The Morgan fingerprint density at radius 2 is 1.83 bits per heavy atom. The van der Waals surface area contributed by atoms with Crippen molar-refractivity contribution in [3.05, 3.63) is 63.7 Å². The molecule has 0 aliphatic carbocycles. The Kier molecular flexibility index (Phi) is 5.83. The third-order valence-electron chi connectivity index (χ3n) is 3.43. The molecule has 24 heavy (non-hydrogen) atoms. The zero-order chi connectivity index (χ0) is 16.4. The van der Waals surface area contributed by atoms with Gasteiger partial charge in [-0.05, 0) is 30.3 Å². The van der Waals surface area contributed by atoms with Gasteiger partial charge in [0.25, 0.3) is 5.56 Å². The fourth-order valence-electron chi connectivity index (χ4n) is 2.41. The highest BCUT2D eigenvalue weighted by atomic mass is 35.5. The van der Waals surface area contributed by atoms with Crippen molar-refractivity contribution in [2.45, 2.75) is 0 Å². The summed E-state index contributed by atoms with van der Waals surface area (Å²) >= 11 is 5.90.